The van der Waals surface area contributed by atoms with Crippen LogP contribution in [0.3, 0.4) is 0 Å². The average molecular weight is 273 g/mol. The van der Waals surface area contributed by atoms with Gasteiger partial charge in [0.25, 0.3) is 0 Å². The van der Waals surface area contributed by atoms with Gasteiger partial charge in [0.1, 0.15) is 11.6 Å². The zero-order valence-corrected chi connectivity index (χ0v) is 12.0. The van der Waals surface area contributed by atoms with E-state index in [1.807, 2.05) is 6.92 Å². The molecule has 0 amide bonds. The van der Waals surface area contributed by atoms with Crippen molar-refractivity contribution in [2.45, 2.75) is 49.8 Å². The van der Waals surface area contributed by atoms with E-state index in [9.17, 15) is 8.78 Å². The molecule has 0 heterocycles. The molecule has 0 aliphatic rings. The molecule has 0 aliphatic carbocycles. The summed E-state index contributed by atoms with van der Waals surface area (Å²) in [5.41, 5.74) is 0. The first-order valence-electron chi connectivity index (χ1n) is 6.43. The predicted molar refractivity (Wildman–Crippen MR) is 74.0 cm³/mol. The second-order valence-corrected chi connectivity index (χ2v) is 5.79. The molecule has 102 valence electrons. The van der Waals surface area contributed by atoms with Crippen molar-refractivity contribution in [2.24, 2.45) is 0 Å². The van der Waals surface area contributed by atoms with E-state index in [0.717, 1.165) is 25.5 Å². The van der Waals surface area contributed by atoms with Gasteiger partial charge in [-0.05, 0) is 37.6 Å². The lowest BCUT2D eigenvalue weighted by atomic mass is 10.1. The molecule has 1 aromatic rings. The molecule has 0 bridgehead atoms. The van der Waals surface area contributed by atoms with E-state index in [4.69, 9.17) is 0 Å². The summed E-state index contributed by atoms with van der Waals surface area (Å²) in [5, 5.41) is 3.64. The highest BCUT2D eigenvalue weighted by Crippen LogP contribution is 2.29. The summed E-state index contributed by atoms with van der Waals surface area (Å²) in [6, 6.07) is 3.92. The van der Waals surface area contributed by atoms with Gasteiger partial charge in [0.15, 0.2) is 0 Å². The molecule has 0 spiro atoms. The van der Waals surface area contributed by atoms with Crippen molar-refractivity contribution >= 4 is 11.8 Å². The number of halogens is 2. The highest BCUT2D eigenvalue weighted by atomic mass is 32.2. The Morgan fingerprint density at radius 2 is 2.00 bits per heavy atom. The third kappa shape index (κ3) is 4.58. The number of hydrogen-bond donors (Lipinski definition) is 1. The Labute approximate surface area is 112 Å². The normalized spacial score (nSPS) is 14.5. The molecule has 2 unspecified atom stereocenters. The van der Waals surface area contributed by atoms with Crippen molar-refractivity contribution in [3.8, 4) is 0 Å². The first kappa shape index (κ1) is 15.4. The van der Waals surface area contributed by atoms with Crippen LogP contribution in [0.25, 0.3) is 0 Å². The van der Waals surface area contributed by atoms with Gasteiger partial charge < -0.3 is 5.32 Å². The lowest BCUT2D eigenvalue weighted by molar-refractivity contribution is 0.493. The van der Waals surface area contributed by atoms with Crippen molar-refractivity contribution < 1.29 is 8.78 Å². The number of nitrogens with one attached hydrogen (secondary N) is 1. The largest absolute Gasteiger partial charge is 0.313 e. The average Bonchev–Trinajstić information content (AvgIpc) is 2.35. The van der Waals surface area contributed by atoms with Crippen molar-refractivity contribution in [1.82, 2.24) is 5.32 Å². The Hall–Kier alpha value is -0.610. The van der Waals surface area contributed by atoms with Gasteiger partial charge in [-0.15, -0.1) is 11.8 Å². The van der Waals surface area contributed by atoms with E-state index < -0.39 is 0 Å². The number of thioether (sulfide) groups is 1. The lowest BCUT2D eigenvalue weighted by Crippen LogP contribution is -2.36. The molecule has 0 saturated carbocycles. The first-order valence-corrected chi connectivity index (χ1v) is 7.31. The van der Waals surface area contributed by atoms with E-state index in [1.165, 1.54) is 23.9 Å². The predicted octanol–water partition coefficient (Wildman–Crippen LogP) is 4.22. The zero-order valence-electron chi connectivity index (χ0n) is 11.2. The van der Waals surface area contributed by atoms with Crippen LogP contribution in [0.15, 0.2) is 23.1 Å². The number of hydrogen-bond acceptors (Lipinski definition) is 2. The monoisotopic (exact) mass is 273 g/mol. The molecule has 0 radical (unpaired) electrons. The molecule has 4 heteroatoms. The highest BCUT2D eigenvalue weighted by Gasteiger charge is 2.17. The van der Waals surface area contributed by atoms with Gasteiger partial charge >= 0.3 is 0 Å². The molecule has 1 rings (SSSR count). The minimum absolute atomic E-state index is 0.206. The van der Waals surface area contributed by atoms with Crippen LogP contribution in [-0.2, 0) is 0 Å². The summed E-state index contributed by atoms with van der Waals surface area (Å²) in [6.45, 7) is 7.22. The van der Waals surface area contributed by atoms with Crippen molar-refractivity contribution in [3.05, 3.63) is 29.8 Å². The fourth-order valence-electron chi connectivity index (χ4n) is 1.82. The second kappa shape index (κ2) is 7.74. The highest BCUT2D eigenvalue weighted by molar-refractivity contribution is 8.00. The Balaban J connectivity index is 2.66. The standard InChI is InChI=1S/C14H21F2NS/c1-4-8-17-13(5-2)10(3)18-14-9-11(15)6-7-12(14)16/h6-7,9-10,13,17H,4-5,8H2,1-3H3. The van der Waals surface area contributed by atoms with Crippen LogP contribution in [-0.4, -0.2) is 17.8 Å². The molecule has 0 saturated heterocycles. The molecule has 18 heavy (non-hydrogen) atoms. The van der Waals surface area contributed by atoms with E-state index in [2.05, 4.69) is 19.2 Å². The Kier molecular flexibility index (Phi) is 6.65. The molecular weight excluding hydrogens is 252 g/mol. The number of benzene rings is 1. The Bertz CT molecular complexity index is 371. The minimum atomic E-state index is -0.388. The maximum absolute atomic E-state index is 13.5. The topological polar surface area (TPSA) is 12.0 Å². The van der Waals surface area contributed by atoms with E-state index in [0.29, 0.717) is 10.9 Å². The summed E-state index contributed by atoms with van der Waals surface area (Å²) in [5.74, 6) is -0.737. The van der Waals surface area contributed by atoms with Crippen LogP contribution >= 0.6 is 11.8 Å². The maximum Gasteiger partial charge on any atom is 0.136 e. The van der Waals surface area contributed by atoms with Gasteiger partial charge in [-0.2, -0.15) is 0 Å². The Morgan fingerprint density at radius 3 is 2.61 bits per heavy atom. The van der Waals surface area contributed by atoms with Crippen LogP contribution in [0.5, 0.6) is 0 Å². The third-order valence-electron chi connectivity index (χ3n) is 2.87. The molecule has 1 N–H and O–H groups in total. The van der Waals surface area contributed by atoms with E-state index in [-0.39, 0.29) is 16.9 Å². The van der Waals surface area contributed by atoms with E-state index in [1.54, 1.807) is 0 Å². The van der Waals surface area contributed by atoms with Gasteiger partial charge in [0.2, 0.25) is 0 Å². The van der Waals surface area contributed by atoms with Crippen LogP contribution in [0.2, 0.25) is 0 Å². The molecule has 0 aromatic heterocycles. The van der Waals surface area contributed by atoms with Crippen LogP contribution in [0.1, 0.15) is 33.6 Å². The van der Waals surface area contributed by atoms with Gasteiger partial charge in [0, 0.05) is 16.2 Å². The smallest absolute Gasteiger partial charge is 0.136 e. The lowest BCUT2D eigenvalue weighted by Gasteiger charge is -2.23. The van der Waals surface area contributed by atoms with Crippen molar-refractivity contribution in [1.29, 1.82) is 0 Å². The van der Waals surface area contributed by atoms with Crippen LogP contribution < -0.4 is 5.32 Å². The molecular formula is C14H21F2NS. The summed E-state index contributed by atoms with van der Waals surface area (Å²) >= 11 is 1.39. The van der Waals surface area contributed by atoms with Crippen LogP contribution in [0.4, 0.5) is 8.78 Å². The van der Waals surface area contributed by atoms with E-state index >= 15 is 0 Å². The van der Waals surface area contributed by atoms with Gasteiger partial charge in [-0.1, -0.05) is 20.8 Å². The van der Waals surface area contributed by atoms with Gasteiger partial charge in [0.05, 0.1) is 0 Å². The van der Waals surface area contributed by atoms with Gasteiger partial charge in [-0.25, -0.2) is 8.78 Å². The molecule has 1 nitrogen and oxygen atoms in total. The van der Waals surface area contributed by atoms with Crippen LogP contribution in [0, 0.1) is 11.6 Å². The zero-order chi connectivity index (χ0) is 13.5. The fourth-order valence-corrected chi connectivity index (χ4v) is 3.04. The fraction of sp³-hybridized carbons (Fsp3) is 0.571. The molecule has 1 aromatic carbocycles. The first-order chi connectivity index (χ1) is 8.58. The summed E-state index contributed by atoms with van der Waals surface area (Å²) < 4.78 is 26.6. The Morgan fingerprint density at radius 1 is 1.28 bits per heavy atom. The second-order valence-electron chi connectivity index (χ2n) is 4.37. The molecule has 0 fully saturated rings. The van der Waals surface area contributed by atoms with Crippen molar-refractivity contribution in [2.75, 3.05) is 6.54 Å². The summed E-state index contributed by atoms with van der Waals surface area (Å²) in [4.78, 5) is 0.388. The minimum Gasteiger partial charge on any atom is -0.313 e. The van der Waals surface area contributed by atoms with Gasteiger partial charge in [-0.3, -0.25) is 0 Å². The molecule has 0 aliphatic heterocycles. The summed E-state index contributed by atoms with van der Waals surface area (Å²) in [7, 11) is 0. The number of rotatable bonds is 7. The quantitative estimate of drug-likeness (QED) is 0.746. The molecule has 2 atom stereocenters. The maximum atomic E-state index is 13.5. The van der Waals surface area contributed by atoms with Crippen molar-refractivity contribution in [3.63, 3.8) is 0 Å². The SMILES string of the molecule is CCCNC(CC)C(C)Sc1cc(F)ccc1F. The third-order valence-corrected chi connectivity index (χ3v) is 4.14. The summed E-state index contributed by atoms with van der Waals surface area (Å²) in [6.07, 6.45) is 2.05.